The molecule has 0 N–H and O–H groups in total. The maximum absolute atomic E-state index is 12.3. The number of halogens is 1. The van der Waals surface area contributed by atoms with E-state index in [4.69, 9.17) is 0 Å². The third kappa shape index (κ3) is 2.87. The van der Waals surface area contributed by atoms with Gasteiger partial charge < -0.3 is 4.57 Å². The molecule has 1 aromatic carbocycles. The summed E-state index contributed by atoms with van der Waals surface area (Å²) in [6.07, 6.45) is 0.740. The Morgan fingerprint density at radius 2 is 1.73 bits per heavy atom. The van der Waals surface area contributed by atoms with Crippen molar-refractivity contribution in [2.24, 2.45) is 14.1 Å². The average Bonchev–Trinajstić information content (AvgIpc) is 2.52. The Balaban J connectivity index is 0.00000176. The van der Waals surface area contributed by atoms with Crippen LogP contribution in [0.1, 0.15) is 16.8 Å². The highest BCUT2D eigenvalue weighted by Crippen LogP contribution is 2.16. The van der Waals surface area contributed by atoms with E-state index in [0.29, 0.717) is 6.54 Å². The van der Waals surface area contributed by atoms with Crippen molar-refractivity contribution in [1.82, 2.24) is 14.0 Å². The smallest absolute Gasteiger partial charge is 0.300 e. The first kappa shape index (κ1) is 16.5. The van der Waals surface area contributed by atoms with Crippen molar-refractivity contribution in [3.8, 4) is 0 Å². The summed E-state index contributed by atoms with van der Waals surface area (Å²) in [5.41, 5.74) is 2.47. The quantitative estimate of drug-likeness (QED) is 0.831. The molecule has 3 rings (SSSR count). The van der Waals surface area contributed by atoms with Crippen LogP contribution in [0.5, 0.6) is 0 Å². The molecule has 0 radical (unpaired) electrons. The molecule has 0 bridgehead atoms. The summed E-state index contributed by atoms with van der Waals surface area (Å²) in [5, 5.41) is 0. The van der Waals surface area contributed by atoms with E-state index in [0.717, 1.165) is 30.8 Å². The van der Waals surface area contributed by atoms with Gasteiger partial charge in [0.05, 0.1) is 5.56 Å². The predicted molar refractivity (Wildman–Crippen MR) is 88.4 cm³/mol. The molecule has 1 aromatic heterocycles. The van der Waals surface area contributed by atoms with Crippen LogP contribution in [-0.4, -0.2) is 20.6 Å². The summed E-state index contributed by atoms with van der Waals surface area (Å²) < 4.78 is 2.81. The van der Waals surface area contributed by atoms with Gasteiger partial charge in [-0.1, -0.05) is 30.3 Å². The van der Waals surface area contributed by atoms with Gasteiger partial charge in [-0.05, 0) is 5.56 Å². The van der Waals surface area contributed by atoms with E-state index in [1.54, 1.807) is 18.7 Å². The first-order chi connectivity index (χ1) is 10.1. The number of hydrogen-bond acceptors (Lipinski definition) is 3. The lowest BCUT2D eigenvalue weighted by molar-refractivity contribution is 0.237. The third-order valence-corrected chi connectivity index (χ3v) is 4.19. The molecule has 0 spiro atoms. The molecule has 0 aliphatic carbocycles. The van der Waals surface area contributed by atoms with Crippen LogP contribution in [0.2, 0.25) is 0 Å². The van der Waals surface area contributed by atoms with E-state index < -0.39 is 0 Å². The Bertz CT molecular complexity index is 780. The van der Waals surface area contributed by atoms with E-state index >= 15 is 0 Å². The van der Waals surface area contributed by atoms with Gasteiger partial charge in [0.2, 0.25) is 0 Å². The largest absolute Gasteiger partial charge is 0.330 e. The zero-order valence-electron chi connectivity index (χ0n) is 12.8. The van der Waals surface area contributed by atoms with Crippen molar-refractivity contribution in [2.75, 3.05) is 6.54 Å². The summed E-state index contributed by atoms with van der Waals surface area (Å²) >= 11 is 0. The van der Waals surface area contributed by atoms with E-state index in [-0.39, 0.29) is 23.7 Å². The van der Waals surface area contributed by atoms with Gasteiger partial charge in [-0.2, -0.15) is 0 Å². The first-order valence-corrected chi connectivity index (χ1v) is 7.12. The monoisotopic (exact) mass is 321 g/mol. The molecule has 1 aliphatic rings. The summed E-state index contributed by atoms with van der Waals surface area (Å²) in [5.74, 6) is 0. The number of nitrogens with zero attached hydrogens (tertiary/aromatic N) is 3. The van der Waals surface area contributed by atoms with Crippen molar-refractivity contribution in [2.45, 2.75) is 19.5 Å². The Morgan fingerprint density at radius 3 is 2.41 bits per heavy atom. The fraction of sp³-hybridized carbons (Fsp3) is 0.375. The van der Waals surface area contributed by atoms with E-state index in [9.17, 15) is 9.59 Å². The highest BCUT2D eigenvalue weighted by Gasteiger charge is 2.23. The molecule has 2 aromatic rings. The highest BCUT2D eigenvalue weighted by molar-refractivity contribution is 5.85. The van der Waals surface area contributed by atoms with Crippen LogP contribution in [0, 0.1) is 0 Å². The second-order valence-corrected chi connectivity index (χ2v) is 5.58. The summed E-state index contributed by atoms with van der Waals surface area (Å²) in [6.45, 7) is 2.29. The topological polar surface area (TPSA) is 47.2 Å². The second kappa shape index (κ2) is 6.50. The summed E-state index contributed by atoms with van der Waals surface area (Å²) in [4.78, 5) is 26.5. The van der Waals surface area contributed by atoms with Crippen molar-refractivity contribution in [3.63, 3.8) is 0 Å². The van der Waals surface area contributed by atoms with Crippen LogP contribution in [-0.2, 0) is 33.6 Å². The normalized spacial score (nSPS) is 14.3. The molecule has 22 heavy (non-hydrogen) atoms. The molecule has 0 amide bonds. The average molecular weight is 322 g/mol. The fourth-order valence-electron chi connectivity index (χ4n) is 2.98. The minimum absolute atomic E-state index is 0. The SMILES string of the molecule is Cl.Cn1c2c(c(=O)n(C)c1=O)CN(Cc1ccccc1)CC2. The van der Waals surface area contributed by atoms with Gasteiger partial charge in [0.25, 0.3) is 5.56 Å². The van der Waals surface area contributed by atoms with Crippen LogP contribution in [0.25, 0.3) is 0 Å². The van der Waals surface area contributed by atoms with Crippen molar-refractivity contribution in [3.05, 3.63) is 68.0 Å². The molecular formula is C16H20ClN3O2. The van der Waals surface area contributed by atoms with Gasteiger partial charge in [-0.25, -0.2) is 4.79 Å². The summed E-state index contributed by atoms with van der Waals surface area (Å²) in [6, 6.07) is 10.2. The van der Waals surface area contributed by atoms with Crippen LogP contribution in [0.15, 0.2) is 39.9 Å². The number of benzene rings is 1. The molecule has 0 saturated heterocycles. The Labute approximate surface area is 135 Å². The number of fused-ring (bicyclic) bond motifs is 1. The zero-order valence-corrected chi connectivity index (χ0v) is 13.6. The number of hydrogen-bond donors (Lipinski definition) is 0. The molecule has 2 heterocycles. The zero-order chi connectivity index (χ0) is 15.0. The van der Waals surface area contributed by atoms with Crippen molar-refractivity contribution >= 4 is 12.4 Å². The standard InChI is InChI=1S/C16H19N3O2.ClH/c1-17-14-8-9-19(10-12-6-4-3-5-7-12)11-13(14)15(20)18(2)16(17)21;/h3-7H,8-11H2,1-2H3;1H. The van der Waals surface area contributed by atoms with Crippen LogP contribution in [0.4, 0.5) is 0 Å². The Hall–Kier alpha value is -1.85. The molecule has 5 nitrogen and oxygen atoms in total. The molecule has 118 valence electrons. The van der Waals surface area contributed by atoms with Crippen LogP contribution in [0.3, 0.4) is 0 Å². The van der Waals surface area contributed by atoms with Crippen molar-refractivity contribution < 1.29 is 0 Å². The van der Waals surface area contributed by atoms with E-state index in [1.807, 2.05) is 18.2 Å². The third-order valence-electron chi connectivity index (χ3n) is 4.19. The lowest BCUT2D eigenvalue weighted by Crippen LogP contribution is -2.45. The van der Waals surface area contributed by atoms with Gasteiger partial charge in [0.15, 0.2) is 0 Å². The van der Waals surface area contributed by atoms with E-state index in [1.165, 1.54) is 10.1 Å². The van der Waals surface area contributed by atoms with E-state index in [2.05, 4.69) is 17.0 Å². The lowest BCUT2D eigenvalue weighted by Gasteiger charge is -2.29. The van der Waals surface area contributed by atoms with Gasteiger partial charge in [0, 0.05) is 45.8 Å². The Kier molecular flexibility index (Phi) is 4.88. The molecule has 0 unspecified atom stereocenters. The van der Waals surface area contributed by atoms with Gasteiger partial charge in [-0.15, -0.1) is 12.4 Å². The molecule has 0 saturated carbocycles. The molecule has 6 heteroatoms. The maximum atomic E-state index is 12.3. The second-order valence-electron chi connectivity index (χ2n) is 5.58. The van der Waals surface area contributed by atoms with Gasteiger partial charge >= 0.3 is 5.69 Å². The minimum Gasteiger partial charge on any atom is -0.300 e. The molecule has 0 atom stereocenters. The predicted octanol–water partition coefficient (Wildman–Crippen LogP) is 1.06. The van der Waals surface area contributed by atoms with Crippen LogP contribution >= 0.6 is 12.4 Å². The van der Waals surface area contributed by atoms with Gasteiger partial charge in [-0.3, -0.25) is 14.3 Å². The van der Waals surface area contributed by atoms with Crippen molar-refractivity contribution in [1.29, 1.82) is 0 Å². The van der Waals surface area contributed by atoms with Crippen LogP contribution < -0.4 is 11.2 Å². The lowest BCUT2D eigenvalue weighted by atomic mass is 10.1. The minimum atomic E-state index is -0.241. The number of aromatic nitrogens is 2. The number of rotatable bonds is 2. The maximum Gasteiger partial charge on any atom is 0.330 e. The molecule has 1 aliphatic heterocycles. The highest BCUT2D eigenvalue weighted by atomic mass is 35.5. The van der Waals surface area contributed by atoms with Gasteiger partial charge in [0.1, 0.15) is 0 Å². The fourth-order valence-corrected chi connectivity index (χ4v) is 2.98. The molecular weight excluding hydrogens is 302 g/mol. The first-order valence-electron chi connectivity index (χ1n) is 7.12. The summed E-state index contributed by atoms with van der Waals surface area (Å²) in [7, 11) is 3.29. The molecule has 0 fully saturated rings. The Morgan fingerprint density at radius 1 is 1.05 bits per heavy atom.